The van der Waals surface area contributed by atoms with E-state index in [4.69, 9.17) is 11.6 Å². The Bertz CT molecular complexity index is 1400. The summed E-state index contributed by atoms with van der Waals surface area (Å²) in [6.07, 6.45) is -3.51. The van der Waals surface area contributed by atoms with E-state index in [1.807, 2.05) is 26.0 Å². The van der Waals surface area contributed by atoms with Crippen molar-refractivity contribution in [2.24, 2.45) is 11.8 Å². The summed E-state index contributed by atoms with van der Waals surface area (Å²) in [5.74, 6) is -0.330. The van der Waals surface area contributed by atoms with Crippen molar-refractivity contribution in [1.29, 1.82) is 5.26 Å². The fraction of sp³-hybridized carbons (Fsp3) is 0.440. The SMILES string of the molecule is Cc1nc2ccc(Cl)cc2c(N2CC[C@H](C(=O)N3CCc4sc(C(F)(F)F)nc4C3)[C@H](C)C2)c1C#N. The summed E-state index contributed by atoms with van der Waals surface area (Å²) in [5, 5.41) is 10.4. The fourth-order valence-corrected chi connectivity index (χ4v) is 6.36. The molecule has 0 saturated carbocycles. The second-order valence-corrected chi connectivity index (χ2v) is 10.9. The van der Waals surface area contributed by atoms with E-state index in [1.54, 1.807) is 11.0 Å². The van der Waals surface area contributed by atoms with Gasteiger partial charge in [-0.1, -0.05) is 18.5 Å². The van der Waals surface area contributed by atoms with Crippen molar-refractivity contribution in [3.05, 3.63) is 50.1 Å². The van der Waals surface area contributed by atoms with Crippen LogP contribution in [-0.4, -0.2) is 40.4 Å². The van der Waals surface area contributed by atoms with Gasteiger partial charge in [0.2, 0.25) is 5.91 Å². The van der Waals surface area contributed by atoms with Gasteiger partial charge >= 0.3 is 6.18 Å². The van der Waals surface area contributed by atoms with Crippen LogP contribution in [0.5, 0.6) is 0 Å². The molecule has 1 fully saturated rings. The zero-order valence-electron chi connectivity index (χ0n) is 19.7. The van der Waals surface area contributed by atoms with Gasteiger partial charge in [-0.2, -0.15) is 18.4 Å². The molecule has 2 aliphatic rings. The second-order valence-electron chi connectivity index (χ2n) is 9.41. The van der Waals surface area contributed by atoms with E-state index < -0.39 is 11.2 Å². The molecule has 2 atom stereocenters. The Balaban J connectivity index is 1.36. The molecule has 1 saturated heterocycles. The lowest BCUT2D eigenvalue weighted by Gasteiger charge is -2.40. The van der Waals surface area contributed by atoms with Crippen LogP contribution in [0.4, 0.5) is 18.9 Å². The van der Waals surface area contributed by atoms with E-state index in [2.05, 4.69) is 20.9 Å². The standard InChI is InChI=1S/C25H23ClF3N5OS/c1-13-11-33(22-17-9-15(26)3-4-19(17)31-14(2)18(22)10-30)7-5-16(13)23(35)34-8-6-21-20(12-34)32-24(36-21)25(27,28)29/h3-4,9,13,16H,5-8,11-12H2,1-2H3/t13-,16+/m1/s1. The number of carbonyl (C=O) groups is 1. The lowest BCUT2D eigenvalue weighted by atomic mass is 9.84. The number of aryl methyl sites for hydroxylation is 1. The Morgan fingerprint density at radius 3 is 2.75 bits per heavy atom. The normalized spacial score (nSPS) is 20.4. The third-order valence-corrected chi connectivity index (χ3v) is 8.47. The number of thiazole rings is 1. The van der Waals surface area contributed by atoms with E-state index >= 15 is 0 Å². The Kier molecular flexibility index (Phi) is 6.33. The summed E-state index contributed by atoms with van der Waals surface area (Å²) in [6.45, 7) is 5.44. The highest BCUT2D eigenvalue weighted by Crippen LogP contribution is 2.39. The average Bonchev–Trinajstić information content (AvgIpc) is 3.27. The van der Waals surface area contributed by atoms with Crippen LogP contribution in [0.25, 0.3) is 10.9 Å². The number of carbonyl (C=O) groups excluding carboxylic acids is 1. The van der Waals surface area contributed by atoms with E-state index in [1.165, 1.54) is 0 Å². The van der Waals surface area contributed by atoms with E-state index in [9.17, 15) is 23.2 Å². The number of halogens is 4. The number of pyridine rings is 1. The van der Waals surface area contributed by atoms with Crippen LogP contribution in [0.2, 0.25) is 5.02 Å². The van der Waals surface area contributed by atoms with Crippen LogP contribution in [-0.2, 0) is 23.9 Å². The number of hydrogen-bond acceptors (Lipinski definition) is 6. The lowest BCUT2D eigenvalue weighted by molar-refractivity contribution is -0.138. The molecule has 0 unspecified atom stereocenters. The van der Waals surface area contributed by atoms with Gasteiger partial charge in [0.15, 0.2) is 5.01 Å². The third kappa shape index (κ3) is 4.39. The lowest BCUT2D eigenvalue weighted by Crippen LogP contribution is -2.48. The van der Waals surface area contributed by atoms with Crippen LogP contribution >= 0.6 is 22.9 Å². The zero-order chi connectivity index (χ0) is 25.8. The maximum Gasteiger partial charge on any atom is 0.443 e. The van der Waals surface area contributed by atoms with Gasteiger partial charge in [0.1, 0.15) is 6.07 Å². The number of amides is 1. The molecular weight excluding hydrogens is 511 g/mol. The number of piperidine rings is 1. The summed E-state index contributed by atoms with van der Waals surface area (Å²) >= 11 is 6.94. The number of fused-ring (bicyclic) bond motifs is 2. The summed E-state index contributed by atoms with van der Waals surface area (Å²) in [5.41, 5.74) is 3.02. The maximum absolute atomic E-state index is 13.4. The molecule has 188 valence electrons. The van der Waals surface area contributed by atoms with E-state index in [-0.39, 0.29) is 24.3 Å². The topological polar surface area (TPSA) is 73.1 Å². The van der Waals surface area contributed by atoms with Gasteiger partial charge in [0.05, 0.1) is 34.7 Å². The van der Waals surface area contributed by atoms with Crippen molar-refractivity contribution < 1.29 is 18.0 Å². The first-order valence-corrected chi connectivity index (χ1v) is 12.9. The Labute approximate surface area is 215 Å². The summed E-state index contributed by atoms with van der Waals surface area (Å²) in [7, 11) is 0. The molecule has 2 aliphatic heterocycles. The molecular formula is C25H23ClF3N5OS. The van der Waals surface area contributed by atoms with Crippen molar-refractivity contribution >= 4 is 45.4 Å². The van der Waals surface area contributed by atoms with Gasteiger partial charge in [-0.3, -0.25) is 9.78 Å². The maximum atomic E-state index is 13.4. The minimum Gasteiger partial charge on any atom is -0.370 e. The Morgan fingerprint density at radius 2 is 2.06 bits per heavy atom. The monoisotopic (exact) mass is 533 g/mol. The molecule has 0 spiro atoms. The van der Waals surface area contributed by atoms with Gasteiger partial charge < -0.3 is 9.80 Å². The quantitative estimate of drug-likeness (QED) is 0.429. The second kappa shape index (κ2) is 9.20. The van der Waals surface area contributed by atoms with E-state index in [0.29, 0.717) is 70.7 Å². The van der Waals surface area contributed by atoms with Crippen LogP contribution in [0, 0.1) is 30.1 Å². The number of aromatic nitrogens is 2. The third-order valence-electron chi connectivity index (χ3n) is 7.03. The van der Waals surface area contributed by atoms with Crippen molar-refractivity contribution in [2.75, 3.05) is 24.5 Å². The highest BCUT2D eigenvalue weighted by Gasteiger charge is 2.39. The molecule has 0 aliphatic carbocycles. The first kappa shape index (κ1) is 24.8. The average molecular weight is 534 g/mol. The Morgan fingerprint density at radius 1 is 1.28 bits per heavy atom. The highest BCUT2D eigenvalue weighted by atomic mass is 35.5. The van der Waals surface area contributed by atoms with Gasteiger partial charge in [0.25, 0.3) is 0 Å². The predicted molar refractivity (Wildman–Crippen MR) is 132 cm³/mol. The van der Waals surface area contributed by atoms with Gasteiger partial charge in [-0.05, 0) is 37.5 Å². The molecule has 6 nitrogen and oxygen atoms in total. The molecule has 5 rings (SSSR count). The van der Waals surface area contributed by atoms with Crippen LogP contribution in [0.1, 0.15) is 40.2 Å². The zero-order valence-corrected chi connectivity index (χ0v) is 21.3. The number of nitrogens with zero attached hydrogens (tertiary/aromatic N) is 5. The van der Waals surface area contributed by atoms with Gasteiger partial charge in [-0.25, -0.2) is 4.98 Å². The highest BCUT2D eigenvalue weighted by molar-refractivity contribution is 7.11. The van der Waals surface area contributed by atoms with Crippen LogP contribution < -0.4 is 4.90 Å². The summed E-state index contributed by atoms with van der Waals surface area (Å²) < 4.78 is 39.2. The molecule has 4 heterocycles. The summed E-state index contributed by atoms with van der Waals surface area (Å²) in [6, 6.07) is 7.71. The first-order valence-electron chi connectivity index (χ1n) is 11.7. The fourth-order valence-electron chi connectivity index (χ4n) is 5.26. The molecule has 1 amide bonds. The Hall–Kier alpha value is -2.90. The number of hydrogen-bond donors (Lipinski definition) is 0. The van der Waals surface area contributed by atoms with Crippen molar-refractivity contribution in [3.63, 3.8) is 0 Å². The number of anilines is 1. The molecule has 0 radical (unpaired) electrons. The van der Waals surface area contributed by atoms with Crippen molar-refractivity contribution in [2.45, 2.75) is 39.4 Å². The van der Waals surface area contributed by atoms with Crippen LogP contribution in [0.3, 0.4) is 0 Å². The van der Waals surface area contributed by atoms with Crippen molar-refractivity contribution in [1.82, 2.24) is 14.9 Å². The molecule has 1 aromatic carbocycles. The number of rotatable bonds is 2. The molecule has 0 bridgehead atoms. The molecule has 11 heteroatoms. The number of nitriles is 1. The number of benzene rings is 1. The van der Waals surface area contributed by atoms with Gasteiger partial charge in [0, 0.05) is 47.3 Å². The van der Waals surface area contributed by atoms with Gasteiger partial charge in [-0.15, -0.1) is 11.3 Å². The van der Waals surface area contributed by atoms with Crippen LogP contribution in [0.15, 0.2) is 18.2 Å². The minimum absolute atomic E-state index is 0.0249. The first-order chi connectivity index (χ1) is 17.1. The van der Waals surface area contributed by atoms with Crippen molar-refractivity contribution in [3.8, 4) is 6.07 Å². The largest absolute Gasteiger partial charge is 0.443 e. The molecule has 0 N–H and O–H groups in total. The number of alkyl halides is 3. The van der Waals surface area contributed by atoms with E-state index in [0.717, 1.165) is 16.6 Å². The molecule has 2 aromatic heterocycles. The summed E-state index contributed by atoms with van der Waals surface area (Å²) in [4.78, 5) is 26.2. The minimum atomic E-state index is -4.47. The molecule has 36 heavy (non-hydrogen) atoms. The smallest absolute Gasteiger partial charge is 0.370 e. The molecule has 3 aromatic rings. The predicted octanol–water partition coefficient (Wildman–Crippen LogP) is 5.59.